The summed E-state index contributed by atoms with van der Waals surface area (Å²) in [6.45, 7) is 6.96. The maximum absolute atomic E-state index is 12.5. The van der Waals surface area contributed by atoms with Gasteiger partial charge < -0.3 is 9.47 Å². The number of Topliss-reactive ketones (excluding diaryl/α,β-unsaturated/α-hetero) is 1. The number of rotatable bonds is 6. The van der Waals surface area contributed by atoms with E-state index in [4.69, 9.17) is 32.7 Å². The molecule has 6 heteroatoms. The lowest BCUT2D eigenvalue weighted by molar-refractivity contribution is -0.153. The summed E-state index contributed by atoms with van der Waals surface area (Å²) in [5.41, 5.74) is 2.60. The Morgan fingerprint density at radius 2 is 1.62 bits per heavy atom. The predicted octanol–water partition coefficient (Wildman–Crippen LogP) is 5.19. The van der Waals surface area contributed by atoms with E-state index in [1.807, 2.05) is 19.9 Å². The zero-order valence-electron chi connectivity index (χ0n) is 15.0. The first kappa shape index (κ1) is 20.3. The highest BCUT2D eigenvalue weighted by Crippen LogP contribution is 2.28. The van der Waals surface area contributed by atoms with Gasteiger partial charge in [-0.2, -0.15) is 0 Å². The fourth-order valence-electron chi connectivity index (χ4n) is 2.26. The molecule has 0 aliphatic heterocycles. The van der Waals surface area contributed by atoms with Crippen LogP contribution in [0, 0.1) is 13.8 Å². The highest BCUT2D eigenvalue weighted by Gasteiger charge is 2.24. The van der Waals surface area contributed by atoms with Gasteiger partial charge in [-0.25, -0.2) is 4.79 Å². The molecule has 0 aromatic heterocycles. The Kier molecular flexibility index (Phi) is 6.68. The first-order valence-electron chi connectivity index (χ1n) is 8.12. The van der Waals surface area contributed by atoms with Crippen molar-refractivity contribution in [3.63, 3.8) is 0 Å². The van der Waals surface area contributed by atoms with Crippen LogP contribution >= 0.6 is 23.2 Å². The lowest BCUT2D eigenvalue weighted by Crippen LogP contribution is -2.32. The number of hydrogen-bond acceptors (Lipinski definition) is 4. The van der Waals surface area contributed by atoms with Crippen LogP contribution in [-0.2, 0) is 9.53 Å². The second-order valence-corrected chi connectivity index (χ2v) is 6.92. The number of carbonyl (C=O) groups is 2. The quantitative estimate of drug-likeness (QED) is 0.499. The molecular formula is C20H20Cl2O4. The average molecular weight is 395 g/mol. The molecule has 0 saturated heterocycles. The van der Waals surface area contributed by atoms with Gasteiger partial charge in [0.2, 0.25) is 5.78 Å². The van der Waals surface area contributed by atoms with Gasteiger partial charge in [0.25, 0.3) is 0 Å². The first-order chi connectivity index (χ1) is 12.2. The van der Waals surface area contributed by atoms with E-state index in [-0.39, 0.29) is 10.8 Å². The molecular weight excluding hydrogens is 375 g/mol. The topological polar surface area (TPSA) is 52.6 Å². The molecule has 0 bridgehead atoms. The van der Waals surface area contributed by atoms with Crippen LogP contribution in [0.5, 0.6) is 5.75 Å². The largest absolute Gasteiger partial charge is 0.477 e. The van der Waals surface area contributed by atoms with Gasteiger partial charge in [-0.1, -0.05) is 35.3 Å². The molecule has 2 aromatic rings. The first-order valence-corrected chi connectivity index (χ1v) is 8.88. The third kappa shape index (κ3) is 4.99. The average Bonchev–Trinajstić information content (AvgIpc) is 2.58. The maximum atomic E-state index is 12.5. The van der Waals surface area contributed by atoms with Crippen molar-refractivity contribution < 1.29 is 19.1 Å². The Hall–Kier alpha value is -2.04. The molecule has 0 N–H and O–H groups in total. The molecule has 26 heavy (non-hydrogen) atoms. The molecule has 0 unspecified atom stereocenters. The van der Waals surface area contributed by atoms with Gasteiger partial charge in [-0.3, -0.25) is 4.79 Å². The number of ketones is 1. The van der Waals surface area contributed by atoms with Crippen molar-refractivity contribution in [3.05, 3.63) is 63.1 Å². The monoisotopic (exact) mass is 394 g/mol. The number of carbonyl (C=O) groups excluding carboxylic acids is 2. The third-order valence-corrected chi connectivity index (χ3v) is 4.51. The lowest BCUT2D eigenvalue weighted by Gasteiger charge is -2.18. The normalized spacial score (nSPS) is 13.0. The van der Waals surface area contributed by atoms with Gasteiger partial charge in [-0.15, -0.1) is 0 Å². The van der Waals surface area contributed by atoms with Gasteiger partial charge in [0.15, 0.2) is 12.2 Å². The highest BCUT2D eigenvalue weighted by atomic mass is 35.5. The van der Waals surface area contributed by atoms with Gasteiger partial charge >= 0.3 is 5.97 Å². The number of halogens is 2. The molecule has 2 rings (SSSR count). The summed E-state index contributed by atoms with van der Waals surface area (Å²) >= 11 is 11.9. The van der Waals surface area contributed by atoms with E-state index in [9.17, 15) is 9.59 Å². The van der Waals surface area contributed by atoms with Crippen molar-refractivity contribution in [3.8, 4) is 5.75 Å². The van der Waals surface area contributed by atoms with Gasteiger partial charge in [0.05, 0.1) is 5.02 Å². The van der Waals surface area contributed by atoms with Crippen LogP contribution in [0.4, 0.5) is 0 Å². The van der Waals surface area contributed by atoms with Crippen LogP contribution in [-0.4, -0.2) is 24.0 Å². The van der Waals surface area contributed by atoms with Gasteiger partial charge in [0, 0.05) is 10.6 Å². The standard InChI is InChI=1S/C20H20Cl2O4/c1-11-5-6-15(9-12(11)2)19(23)13(3)26-20(24)14(4)25-18-8-7-16(21)10-17(18)22/h5-10,13-14H,1-4H3/t13-,14-/m1/s1. The van der Waals surface area contributed by atoms with Crippen molar-refractivity contribution in [2.75, 3.05) is 0 Å². The Bertz CT molecular complexity index is 833. The molecule has 0 heterocycles. The van der Waals surface area contributed by atoms with Gasteiger partial charge in [-0.05, 0) is 63.1 Å². The third-order valence-electron chi connectivity index (χ3n) is 3.98. The molecule has 0 aliphatic carbocycles. The molecule has 138 valence electrons. The summed E-state index contributed by atoms with van der Waals surface area (Å²) < 4.78 is 10.8. The summed E-state index contributed by atoms with van der Waals surface area (Å²) in [7, 11) is 0. The summed E-state index contributed by atoms with van der Waals surface area (Å²) in [6.07, 6.45) is -1.85. The fourth-order valence-corrected chi connectivity index (χ4v) is 2.72. The van der Waals surface area contributed by atoms with E-state index >= 15 is 0 Å². The highest BCUT2D eigenvalue weighted by molar-refractivity contribution is 6.35. The number of benzene rings is 2. The van der Waals surface area contributed by atoms with E-state index in [2.05, 4.69) is 0 Å². The van der Waals surface area contributed by atoms with Crippen molar-refractivity contribution in [2.24, 2.45) is 0 Å². The predicted molar refractivity (Wildman–Crippen MR) is 102 cm³/mol. The Balaban J connectivity index is 2.00. The zero-order chi connectivity index (χ0) is 19.4. The number of aryl methyl sites for hydroxylation is 2. The van der Waals surface area contributed by atoms with E-state index in [0.717, 1.165) is 11.1 Å². The Morgan fingerprint density at radius 1 is 0.923 bits per heavy atom. The summed E-state index contributed by atoms with van der Waals surface area (Å²) in [5.74, 6) is -0.604. The minimum atomic E-state index is -0.927. The summed E-state index contributed by atoms with van der Waals surface area (Å²) in [4.78, 5) is 24.7. The summed E-state index contributed by atoms with van der Waals surface area (Å²) in [6, 6.07) is 10.1. The second kappa shape index (κ2) is 8.56. The van der Waals surface area contributed by atoms with E-state index in [0.29, 0.717) is 16.3 Å². The van der Waals surface area contributed by atoms with Crippen LogP contribution < -0.4 is 4.74 Å². The van der Waals surface area contributed by atoms with Crippen molar-refractivity contribution in [1.82, 2.24) is 0 Å². The number of hydrogen-bond donors (Lipinski definition) is 0. The molecule has 4 nitrogen and oxygen atoms in total. The van der Waals surface area contributed by atoms with Crippen molar-refractivity contribution >= 4 is 35.0 Å². The van der Waals surface area contributed by atoms with Crippen molar-refractivity contribution in [2.45, 2.75) is 39.9 Å². The molecule has 0 fully saturated rings. The maximum Gasteiger partial charge on any atom is 0.347 e. The van der Waals surface area contributed by atoms with Gasteiger partial charge in [0.1, 0.15) is 5.75 Å². The zero-order valence-corrected chi connectivity index (χ0v) is 16.5. The molecule has 0 radical (unpaired) electrons. The molecule has 0 aliphatic rings. The second-order valence-electron chi connectivity index (χ2n) is 6.08. The molecule has 0 amide bonds. The smallest absolute Gasteiger partial charge is 0.347 e. The minimum Gasteiger partial charge on any atom is -0.477 e. The molecule has 0 saturated carbocycles. The van der Waals surface area contributed by atoms with Crippen molar-refractivity contribution in [1.29, 1.82) is 0 Å². The van der Waals surface area contributed by atoms with Crippen LogP contribution in [0.15, 0.2) is 36.4 Å². The minimum absolute atomic E-state index is 0.266. The Morgan fingerprint density at radius 3 is 2.23 bits per heavy atom. The lowest BCUT2D eigenvalue weighted by atomic mass is 10.0. The molecule has 0 spiro atoms. The van der Waals surface area contributed by atoms with Crippen LogP contribution in [0.2, 0.25) is 10.0 Å². The van der Waals surface area contributed by atoms with E-state index in [1.165, 1.54) is 19.9 Å². The summed E-state index contributed by atoms with van der Waals surface area (Å²) in [5, 5.41) is 0.751. The van der Waals surface area contributed by atoms with Crippen LogP contribution in [0.1, 0.15) is 35.3 Å². The molecule has 2 atom stereocenters. The molecule has 2 aromatic carbocycles. The van der Waals surface area contributed by atoms with E-state index < -0.39 is 18.2 Å². The Labute approximate surface area is 163 Å². The fraction of sp³-hybridized carbons (Fsp3) is 0.300. The SMILES string of the molecule is Cc1ccc(C(=O)[C@@H](C)OC(=O)[C@@H](C)Oc2ccc(Cl)cc2Cl)cc1C. The number of ether oxygens (including phenoxy) is 2. The van der Waals surface area contributed by atoms with Crippen LogP contribution in [0.25, 0.3) is 0 Å². The van der Waals surface area contributed by atoms with E-state index in [1.54, 1.807) is 24.3 Å². The van der Waals surface area contributed by atoms with Crippen LogP contribution in [0.3, 0.4) is 0 Å². The number of esters is 1.